The van der Waals surface area contributed by atoms with E-state index in [0.717, 1.165) is 11.0 Å². The molecule has 0 unspecified atom stereocenters. The number of nitro groups is 1. The molecule has 0 spiro atoms. The molecule has 2 rings (SSSR count). The highest BCUT2D eigenvalue weighted by Gasteiger charge is 2.25. The highest BCUT2D eigenvalue weighted by atomic mass is 32.2. The summed E-state index contributed by atoms with van der Waals surface area (Å²) in [5.74, 6) is 0.615. The van der Waals surface area contributed by atoms with E-state index in [-0.39, 0.29) is 4.90 Å². The van der Waals surface area contributed by atoms with Gasteiger partial charge in [-0.05, 0) is 18.2 Å². The molecular weight excluding hydrogens is 336 g/mol. The number of rotatable bonds is 7. The predicted molar refractivity (Wildman–Crippen MR) is 91.3 cm³/mol. The lowest BCUT2D eigenvalue weighted by molar-refractivity contribution is -0.387. The SMILES string of the molecule is C=CCSc1ccccc1NS(=O)(=O)c1ccccc1[N+](=O)[O-]. The Hall–Kier alpha value is -2.32. The minimum atomic E-state index is -4.07. The van der Waals surface area contributed by atoms with Gasteiger partial charge in [0, 0.05) is 16.7 Å². The van der Waals surface area contributed by atoms with Gasteiger partial charge in [-0.2, -0.15) is 0 Å². The number of thioether (sulfide) groups is 1. The molecule has 0 amide bonds. The molecule has 0 radical (unpaired) electrons. The normalized spacial score (nSPS) is 11.0. The summed E-state index contributed by atoms with van der Waals surface area (Å²) in [5, 5.41) is 11.0. The number of hydrogen-bond acceptors (Lipinski definition) is 5. The zero-order valence-electron chi connectivity index (χ0n) is 12.0. The van der Waals surface area contributed by atoms with Crippen molar-refractivity contribution >= 4 is 33.2 Å². The molecule has 23 heavy (non-hydrogen) atoms. The largest absolute Gasteiger partial charge is 0.289 e. The first-order valence-corrected chi connectivity index (χ1v) is 9.01. The van der Waals surface area contributed by atoms with Gasteiger partial charge in [0.05, 0.1) is 10.6 Å². The summed E-state index contributed by atoms with van der Waals surface area (Å²) < 4.78 is 27.4. The Balaban J connectivity index is 2.40. The average molecular weight is 350 g/mol. The summed E-state index contributed by atoms with van der Waals surface area (Å²) in [5.41, 5.74) is -0.0891. The zero-order valence-corrected chi connectivity index (χ0v) is 13.6. The van der Waals surface area contributed by atoms with Crippen molar-refractivity contribution in [1.82, 2.24) is 0 Å². The molecule has 0 saturated heterocycles. The van der Waals surface area contributed by atoms with Gasteiger partial charge in [-0.1, -0.05) is 30.3 Å². The second-order valence-corrected chi connectivity index (χ2v) is 7.14. The fourth-order valence-corrected chi connectivity index (χ4v) is 3.92. The maximum absolute atomic E-state index is 12.5. The molecule has 0 aliphatic heterocycles. The van der Waals surface area contributed by atoms with Crippen molar-refractivity contribution in [2.75, 3.05) is 10.5 Å². The summed E-state index contributed by atoms with van der Waals surface area (Å²) in [4.78, 5) is 10.7. The highest BCUT2D eigenvalue weighted by molar-refractivity contribution is 7.99. The first-order chi connectivity index (χ1) is 11.0. The number of nitrogens with one attached hydrogen (secondary N) is 1. The molecule has 2 aromatic rings. The minimum Gasteiger partial charge on any atom is -0.278 e. The molecule has 0 aromatic heterocycles. The van der Waals surface area contributed by atoms with E-state index in [1.54, 1.807) is 30.3 Å². The number of benzene rings is 2. The van der Waals surface area contributed by atoms with Crippen LogP contribution in [0, 0.1) is 10.1 Å². The summed E-state index contributed by atoms with van der Waals surface area (Å²) in [6, 6.07) is 12.1. The van der Waals surface area contributed by atoms with Crippen LogP contribution < -0.4 is 4.72 Å². The minimum absolute atomic E-state index is 0.367. The van der Waals surface area contributed by atoms with E-state index in [4.69, 9.17) is 0 Å². The number of nitro benzene ring substituents is 1. The molecule has 1 N–H and O–H groups in total. The van der Waals surface area contributed by atoms with Crippen LogP contribution in [0.15, 0.2) is 71.0 Å². The van der Waals surface area contributed by atoms with Gasteiger partial charge in [0.15, 0.2) is 4.90 Å². The Bertz CT molecular complexity index is 835. The topological polar surface area (TPSA) is 89.3 Å². The van der Waals surface area contributed by atoms with Crippen LogP contribution in [-0.4, -0.2) is 19.1 Å². The van der Waals surface area contributed by atoms with Crippen LogP contribution in [0.2, 0.25) is 0 Å². The molecule has 0 atom stereocenters. The summed E-state index contributed by atoms with van der Waals surface area (Å²) >= 11 is 1.41. The number of anilines is 1. The maximum Gasteiger partial charge on any atom is 0.289 e. The Labute approximate surface area is 138 Å². The first kappa shape index (κ1) is 17.0. The molecule has 0 aliphatic carbocycles. The lowest BCUT2D eigenvalue weighted by Gasteiger charge is -2.12. The molecule has 0 aliphatic rings. The first-order valence-electron chi connectivity index (χ1n) is 6.54. The summed E-state index contributed by atoms with van der Waals surface area (Å²) in [7, 11) is -4.07. The number of para-hydroxylation sites is 2. The monoisotopic (exact) mass is 350 g/mol. The van der Waals surface area contributed by atoms with E-state index in [2.05, 4.69) is 11.3 Å². The standard InChI is InChI=1S/C15H14N2O4S2/c1-2-11-22-14-9-5-3-7-12(14)16-23(20,21)15-10-6-4-8-13(15)17(18)19/h2-10,16H,1,11H2. The molecule has 8 heteroatoms. The van der Waals surface area contributed by atoms with Gasteiger partial charge < -0.3 is 0 Å². The number of hydrogen-bond donors (Lipinski definition) is 1. The van der Waals surface area contributed by atoms with Crippen LogP contribution in [-0.2, 0) is 10.0 Å². The Morgan fingerprint density at radius 3 is 2.52 bits per heavy atom. The van der Waals surface area contributed by atoms with Crippen LogP contribution in [0.3, 0.4) is 0 Å². The van der Waals surface area contributed by atoms with Crippen molar-refractivity contribution in [2.24, 2.45) is 0 Å². The molecule has 0 fully saturated rings. The van der Waals surface area contributed by atoms with Gasteiger partial charge in [-0.15, -0.1) is 18.3 Å². The number of nitrogens with zero attached hydrogens (tertiary/aromatic N) is 1. The second kappa shape index (κ2) is 7.30. The fourth-order valence-electron chi connectivity index (χ4n) is 1.86. The molecule has 0 bridgehead atoms. The van der Waals surface area contributed by atoms with Gasteiger partial charge in [0.25, 0.3) is 15.7 Å². The Morgan fingerprint density at radius 1 is 1.17 bits per heavy atom. The smallest absolute Gasteiger partial charge is 0.278 e. The van der Waals surface area contributed by atoms with Gasteiger partial charge in [-0.3, -0.25) is 14.8 Å². The van der Waals surface area contributed by atoms with E-state index in [1.807, 2.05) is 0 Å². The van der Waals surface area contributed by atoms with Crippen molar-refractivity contribution in [2.45, 2.75) is 9.79 Å². The average Bonchev–Trinajstić information content (AvgIpc) is 2.53. The van der Waals surface area contributed by atoms with E-state index in [0.29, 0.717) is 11.4 Å². The zero-order chi connectivity index (χ0) is 16.9. The molecule has 2 aromatic carbocycles. The fraction of sp³-hybridized carbons (Fsp3) is 0.0667. The lowest BCUT2D eigenvalue weighted by Crippen LogP contribution is -2.15. The predicted octanol–water partition coefficient (Wildman–Crippen LogP) is 3.67. The van der Waals surface area contributed by atoms with Gasteiger partial charge in [-0.25, -0.2) is 8.42 Å². The third-order valence-corrected chi connectivity index (χ3v) is 5.32. The van der Waals surface area contributed by atoms with Crippen LogP contribution in [0.5, 0.6) is 0 Å². The van der Waals surface area contributed by atoms with Crippen LogP contribution >= 0.6 is 11.8 Å². The van der Waals surface area contributed by atoms with Crippen molar-refractivity contribution in [1.29, 1.82) is 0 Å². The van der Waals surface area contributed by atoms with Crippen LogP contribution in [0.25, 0.3) is 0 Å². The Morgan fingerprint density at radius 2 is 1.83 bits per heavy atom. The second-order valence-electron chi connectivity index (χ2n) is 4.43. The van der Waals surface area contributed by atoms with Crippen molar-refractivity contribution in [3.8, 4) is 0 Å². The quantitative estimate of drug-likeness (QED) is 0.356. The summed E-state index contributed by atoms with van der Waals surface area (Å²) in [6.07, 6.45) is 1.71. The third-order valence-electron chi connectivity index (χ3n) is 2.84. The molecule has 0 saturated carbocycles. The van der Waals surface area contributed by atoms with E-state index >= 15 is 0 Å². The van der Waals surface area contributed by atoms with Crippen LogP contribution in [0.4, 0.5) is 11.4 Å². The van der Waals surface area contributed by atoms with Gasteiger partial charge >= 0.3 is 0 Å². The third kappa shape index (κ3) is 4.11. The molecule has 120 valence electrons. The molecule has 6 nitrogen and oxygen atoms in total. The highest BCUT2D eigenvalue weighted by Crippen LogP contribution is 2.31. The number of sulfonamides is 1. The molecule has 0 heterocycles. The van der Waals surface area contributed by atoms with Crippen molar-refractivity contribution in [3.05, 3.63) is 71.3 Å². The summed E-state index contributed by atoms with van der Waals surface area (Å²) in [6.45, 7) is 3.62. The van der Waals surface area contributed by atoms with Crippen LogP contribution in [0.1, 0.15) is 0 Å². The van der Waals surface area contributed by atoms with Gasteiger partial charge in [0.1, 0.15) is 0 Å². The molecular formula is C15H14N2O4S2. The maximum atomic E-state index is 12.5. The van der Waals surface area contributed by atoms with E-state index < -0.39 is 20.6 Å². The Kier molecular flexibility index (Phi) is 5.41. The van der Waals surface area contributed by atoms with E-state index in [1.165, 1.54) is 30.0 Å². The lowest BCUT2D eigenvalue weighted by atomic mass is 10.3. The van der Waals surface area contributed by atoms with E-state index in [9.17, 15) is 18.5 Å². The van der Waals surface area contributed by atoms with Crippen molar-refractivity contribution in [3.63, 3.8) is 0 Å². The van der Waals surface area contributed by atoms with Gasteiger partial charge in [0.2, 0.25) is 0 Å². The van der Waals surface area contributed by atoms with Crippen molar-refractivity contribution < 1.29 is 13.3 Å².